The Balaban J connectivity index is 2.02. The lowest BCUT2D eigenvalue weighted by Crippen LogP contribution is -2.55. The van der Waals surface area contributed by atoms with Gasteiger partial charge in [0.25, 0.3) is 5.91 Å². The van der Waals surface area contributed by atoms with Crippen LogP contribution >= 0.6 is 11.8 Å². The van der Waals surface area contributed by atoms with E-state index in [4.69, 9.17) is 14.6 Å². The second-order valence-electron chi connectivity index (χ2n) is 3.89. The number of carbonyl (C=O) groups is 2. The number of carboxylic acids is 1. The lowest BCUT2D eigenvalue weighted by Gasteiger charge is -2.35. The van der Waals surface area contributed by atoms with Crippen molar-refractivity contribution < 1.29 is 24.2 Å². The summed E-state index contributed by atoms with van der Waals surface area (Å²) >= 11 is 1.55. The zero-order valence-corrected chi connectivity index (χ0v) is 10.1. The predicted molar refractivity (Wildman–Crippen MR) is 61.0 cm³/mol. The summed E-state index contributed by atoms with van der Waals surface area (Å²) in [6.45, 7) is 1.55. The molecule has 2 saturated heterocycles. The maximum atomic E-state index is 12.1. The third kappa shape index (κ3) is 2.91. The summed E-state index contributed by atoms with van der Waals surface area (Å²) in [5.74, 6) is -0.0164. The minimum absolute atomic E-state index is 0.217. The number of nitrogens with zero attached hydrogens (tertiary/aromatic N) is 1. The summed E-state index contributed by atoms with van der Waals surface area (Å²) < 4.78 is 10.5. The molecule has 0 radical (unpaired) electrons. The fourth-order valence-corrected chi connectivity index (χ4v) is 2.93. The average molecular weight is 261 g/mol. The summed E-state index contributed by atoms with van der Waals surface area (Å²) in [7, 11) is 0. The van der Waals surface area contributed by atoms with Crippen LogP contribution in [0.4, 0.5) is 0 Å². The normalized spacial score (nSPS) is 30.0. The van der Waals surface area contributed by atoms with Crippen LogP contribution in [0.5, 0.6) is 0 Å². The largest absolute Gasteiger partial charge is 0.480 e. The lowest BCUT2D eigenvalue weighted by molar-refractivity contribution is -0.164. The Morgan fingerprint density at radius 1 is 1.35 bits per heavy atom. The molecule has 2 fully saturated rings. The number of thioether (sulfide) groups is 1. The van der Waals surface area contributed by atoms with Crippen molar-refractivity contribution in [3.05, 3.63) is 0 Å². The molecule has 0 saturated carbocycles. The number of amides is 1. The summed E-state index contributed by atoms with van der Waals surface area (Å²) in [5, 5.41) is 9.08. The highest BCUT2D eigenvalue weighted by Gasteiger charge is 2.36. The van der Waals surface area contributed by atoms with Gasteiger partial charge >= 0.3 is 5.97 Å². The van der Waals surface area contributed by atoms with Gasteiger partial charge in [0.2, 0.25) is 0 Å². The van der Waals surface area contributed by atoms with Gasteiger partial charge in [-0.15, -0.1) is 0 Å². The molecule has 2 aliphatic heterocycles. The molecule has 0 aliphatic carbocycles. The van der Waals surface area contributed by atoms with Crippen molar-refractivity contribution in [1.82, 2.24) is 4.90 Å². The number of carboxylic acid groups (broad SMARTS) is 1. The number of rotatable bonds is 2. The highest BCUT2D eigenvalue weighted by Crippen LogP contribution is 2.19. The standard InChI is InChI=1S/C10H15NO5S/c12-9(8-5-15-2-3-16-8)11-1-4-17-6-7(11)10(13)14/h7-8H,1-6H2,(H,13,14). The van der Waals surface area contributed by atoms with Gasteiger partial charge in [-0.1, -0.05) is 0 Å². The molecular formula is C10H15NO5S. The Bertz CT molecular complexity index is 305. The third-order valence-electron chi connectivity index (χ3n) is 2.79. The van der Waals surface area contributed by atoms with Crippen LogP contribution in [0, 0.1) is 0 Å². The second-order valence-corrected chi connectivity index (χ2v) is 5.04. The van der Waals surface area contributed by atoms with E-state index in [0.29, 0.717) is 25.5 Å². The molecule has 6 nitrogen and oxygen atoms in total. The first-order chi connectivity index (χ1) is 8.20. The molecule has 2 unspecified atom stereocenters. The van der Waals surface area contributed by atoms with Gasteiger partial charge < -0.3 is 19.5 Å². The molecule has 0 aromatic carbocycles. The van der Waals surface area contributed by atoms with Crippen molar-refractivity contribution in [3.63, 3.8) is 0 Å². The van der Waals surface area contributed by atoms with Gasteiger partial charge in [0, 0.05) is 18.1 Å². The van der Waals surface area contributed by atoms with Crippen molar-refractivity contribution in [3.8, 4) is 0 Å². The quantitative estimate of drug-likeness (QED) is 0.717. The highest BCUT2D eigenvalue weighted by atomic mass is 32.2. The molecule has 2 heterocycles. The zero-order chi connectivity index (χ0) is 12.3. The van der Waals surface area contributed by atoms with Gasteiger partial charge in [-0.3, -0.25) is 4.79 Å². The van der Waals surface area contributed by atoms with Crippen LogP contribution in [-0.2, 0) is 19.1 Å². The van der Waals surface area contributed by atoms with E-state index in [1.54, 1.807) is 11.8 Å². The SMILES string of the molecule is O=C(O)C1CSCCN1C(=O)C1COCCO1. The smallest absolute Gasteiger partial charge is 0.327 e. The molecule has 2 aliphatic rings. The number of carbonyl (C=O) groups excluding carboxylic acids is 1. The molecule has 96 valence electrons. The molecule has 1 amide bonds. The first-order valence-electron chi connectivity index (χ1n) is 5.50. The van der Waals surface area contributed by atoms with Crippen LogP contribution in [-0.4, -0.2) is 71.9 Å². The molecule has 1 N–H and O–H groups in total. The lowest BCUT2D eigenvalue weighted by atomic mass is 10.2. The van der Waals surface area contributed by atoms with Crippen molar-refractivity contribution in [2.75, 3.05) is 37.9 Å². The number of ether oxygens (including phenoxy) is 2. The van der Waals surface area contributed by atoms with Gasteiger partial charge in [-0.05, 0) is 0 Å². The van der Waals surface area contributed by atoms with Gasteiger partial charge in [0.1, 0.15) is 6.04 Å². The minimum Gasteiger partial charge on any atom is -0.480 e. The van der Waals surface area contributed by atoms with E-state index >= 15 is 0 Å². The fraction of sp³-hybridized carbons (Fsp3) is 0.800. The van der Waals surface area contributed by atoms with Crippen LogP contribution in [0.3, 0.4) is 0 Å². The molecule has 0 spiro atoms. The summed E-state index contributed by atoms with van der Waals surface area (Å²) in [6.07, 6.45) is -0.645. The molecule has 0 bridgehead atoms. The van der Waals surface area contributed by atoms with Gasteiger partial charge in [-0.2, -0.15) is 11.8 Å². The second kappa shape index (κ2) is 5.70. The number of hydrogen-bond donors (Lipinski definition) is 1. The summed E-state index contributed by atoms with van der Waals surface area (Å²) in [4.78, 5) is 24.6. The van der Waals surface area contributed by atoms with E-state index in [9.17, 15) is 9.59 Å². The Morgan fingerprint density at radius 2 is 2.18 bits per heavy atom. The highest BCUT2D eigenvalue weighted by molar-refractivity contribution is 7.99. The van der Waals surface area contributed by atoms with Crippen LogP contribution in [0.25, 0.3) is 0 Å². The van der Waals surface area contributed by atoms with Gasteiger partial charge in [0.05, 0.1) is 19.8 Å². The monoisotopic (exact) mass is 261 g/mol. The summed E-state index contributed by atoms with van der Waals surface area (Å²) in [6, 6.07) is -0.744. The number of hydrogen-bond acceptors (Lipinski definition) is 5. The first-order valence-corrected chi connectivity index (χ1v) is 6.66. The van der Waals surface area contributed by atoms with Crippen molar-refractivity contribution >= 4 is 23.6 Å². The van der Waals surface area contributed by atoms with E-state index in [1.165, 1.54) is 4.90 Å². The Morgan fingerprint density at radius 3 is 2.82 bits per heavy atom. The van der Waals surface area contributed by atoms with Crippen LogP contribution in [0.1, 0.15) is 0 Å². The van der Waals surface area contributed by atoms with Crippen molar-refractivity contribution in [2.45, 2.75) is 12.1 Å². The zero-order valence-electron chi connectivity index (χ0n) is 9.33. The Hall–Kier alpha value is -0.790. The van der Waals surface area contributed by atoms with E-state index in [2.05, 4.69) is 0 Å². The van der Waals surface area contributed by atoms with Crippen molar-refractivity contribution in [1.29, 1.82) is 0 Å². The molecule has 7 heteroatoms. The molecule has 17 heavy (non-hydrogen) atoms. The molecule has 2 rings (SSSR count). The van der Waals surface area contributed by atoms with E-state index < -0.39 is 18.1 Å². The average Bonchev–Trinajstić information content (AvgIpc) is 2.39. The maximum absolute atomic E-state index is 12.1. The number of aliphatic carboxylic acids is 1. The molecule has 2 atom stereocenters. The fourth-order valence-electron chi connectivity index (χ4n) is 1.89. The van der Waals surface area contributed by atoms with Gasteiger partial charge in [0.15, 0.2) is 6.10 Å². The molecule has 0 aromatic heterocycles. The maximum Gasteiger partial charge on any atom is 0.327 e. The van der Waals surface area contributed by atoms with Crippen LogP contribution in [0.15, 0.2) is 0 Å². The Kier molecular flexibility index (Phi) is 4.25. The van der Waals surface area contributed by atoms with E-state index in [-0.39, 0.29) is 12.5 Å². The van der Waals surface area contributed by atoms with E-state index in [0.717, 1.165) is 5.75 Å². The summed E-state index contributed by atoms with van der Waals surface area (Å²) in [5.41, 5.74) is 0. The minimum atomic E-state index is -0.956. The molecular weight excluding hydrogens is 246 g/mol. The topological polar surface area (TPSA) is 76.1 Å². The van der Waals surface area contributed by atoms with Crippen LogP contribution in [0.2, 0.25) is 0 Å². The van der Waals surface area contributed by atoms with Crippen molar-refractivity contribution in [2.24, 2.45) is 0 Å². The Labute approximate surface area is 103 Å². The van der Waals surface area contributed by atoms with E-state index in [1.807, 2.05) is 0 Å². The first kappa shape index (κ1) is 12.7. The van der Waals surface area contributed by atoms with Crippen LogP contribution < -0.4 is 0 Å². The van der Waals surface area contributed by atoms with Gasteiger partial charge in [-0.25, -0.2) is 4.79 Å². The molecule has 0 aromatic rings. The predicted octanol–water partition coefficient (Wildman–Crippen LogP) is -0.570. The third-order valence-corrected chi connectivity index (χ3v) is 3.81.